The van der Waals surface area contributed by atoms with Crippen LogP contribution in [0.5, 0.6) is 11.5 Å². The first-order chi connectivity index (χ1) is 14.0. The fourth-order valence-electron chi connectivity index (χ4n) is 2.29. The van der Waals surface area contributed by atoms with Crippen molar-refractivity contribution < 1.29 is 28.4 Å². The summed E-state index contributed by atoms with van der Waals surface area (Å²) in [5.74, 6) is 0.0129. The van der Waals surface area contributed by atoms with Crippen LogP contribution in [0, 0.1) is 10.1 Å². The Morgan fingerprint density at radius 3 is 2.24 bits per heavy atom. The Balaban J connectivity index is 1.44. The third-order valence-corrected chi connectivity index (χ3v) is 3.74. The Morgan fingerprint density at radius 1 is 1.00 bits per heavy atom. The van der Waals surface area contributed by atoms with Gasteiger partial charge >= 0.3 is 5.97 Å². The number of rotatable bonds is 8. The van der Waals surface area contributed by atoms with Crippen molar-refractivity contribution >= 4 is 17.6 Å². The first-order valence-electron chi connectivity index (χ1n) is 8.50. The van der Waals surface area contributed by atoms with Crippen LogP contribution >= 0.6 is 0 Å². The molecule has 1 amide bonds. The van der Waals surface area contributed by atoms with Crippen LogP contribution in [0.4, 0.5) is 5.69 Å². The highest BCUT2D eigenvalue weighted by atomic mass is 16.6. The number of furan rings is 1. The van der Waals surface area contributed by atoms with E-state index in [1.54, 1.807) is 30.3 Å². The lowest BCUT2D eigenvalue weighted by atomic mass is 10.2. The number of nitrogens with one attached hydrogen (secondary N) is 1. The van der Waals surface area contributed by atoms with Gasteiger partial charge in [0.1, 0.15) is 24.7 Å². The van der Waals surface area contributed by atoms with E-state index in [4.69, 9.17) is 13.9 Å². The highest BCUT2D eigenvalue weighted by Gasteiger charge is 2.11. The van der Waals surface area contributed by atoms with E-state index in [2.05, 4.69) is 5.32 Å². The number of hydrogen-bond acceptors (Lipinski definition) is 7. The number of nitro groups is 1. The molecule has 0 bridgehead atoms. The molecule has 0 aliphatic heterocycles. The van der Waals surface area contributed by atoms with Crippen molar-refractivity contribution in [3.63, 3.8) is 0 Å². The summed E-state index contributed by atoms with van der Waals surface area (Å²) in [5, 5.41) is 13.0. The molecule has 0 saturated heterocycles. The molecule has 0 unspecified atom stereocenters. The van der Waals surface area contributed by atoms with Crippen LogP contribution in [0.1, 0.15) is 16.1 Å². The quantitative estimate of drug-likeness (QED) is 0.352. The third kappa shape index (κ3) is 5.67. The van der Waals surface area contributed by atoms with E-state index in [1.165, 1.54) is 36.6 Å². The standard InChI is InChI=1S/C20H16N2O7/c23-19(12-21-20(24)18-2-1-11-27-18)28-13-14-3-7-16(8-4-14)29-17-9-5-15(6-10-17)22(25)26/h1-11H,12-13H2,(H,21,24). The van der Waals surface area contributed by atoms with E-state index >= 15 is 0 Å². The number of amides is 1. The van der Waals surface area contributed by atoms with Gasteiger partial charge in [-0.3, -0.25) is 19.7 Å². The summed E-state index contributed by atoms with van der Waals surface area (Å²) in [6.45, 7) is -0.242. The molecule has 148 valence electrons. The number of carbonyl (C=O) groups excluding carboxylic acids is 2. The van der Waals surface area contributed by atoms with Crippen LogP contribution in [-0.4, -0.2) is 23.3 Å². The normalized spacial score (nSPS) is 10.2. The predicted octanol–water partition coefficient (Wildman–Crippen LogP) is 3.45. The van der Waals surface area contributed by atoms with Crippen LogP contribution < -0.4 is 10.1 Å². The molecule has 0 aliphatic carbocycles. The number of ether oxygens (including phenoxy) is 2. The van der Waals surface area contributed by atoms with Gasteiger partial charge in [0.25, 0.3) is 11.6 Å². The number of nitro benzene ring substituents is 1. The minimum Gasteiger partial charge on any atom is -0.460 e. The van der Waals surface area contributed by atoms with Gasteiger partial charge in [0, 0.05) is 12.1 Å². The monoisotopic (exact) mass is 396 g/mol. The second-order valence-corrected chi connectivity index (χ2v) is 5.82. The Kier molecular flexibility index (Phi) is 6.21. The average molecular weight is 396 g/mol. The summed E-state index contributed by atoms with van der Waals surface area (Å²) < 4.78 is 15.6. The second-order valence-electron chi connectivity index (χ2n) is 5.82. The number of non-ortho nitro benzene ring substituents is 1. The summed E-state index contributed by atoms with van der Waals surface area (Å²) in [7, 11) is 0. The van der Waals surface area contributed by atoms with Crippen molar-refractivity contribution in [3.05, 3.63) is 88.4 Å². The maximum absolute atomic E-state index is 11.7. The molecule has 2 aromatic carbocycles. The minimum atomic E-state index is -0.587. The maximum Gasteiger partial charge on any atom is 0.325 e. The first kappa shape index (κ1) is 19.6. The zero-order chi connectivity index (χ0) is 20.6. The van der Waals surface area contributed by atoms with Crippen molar-refractivity contribution in [2.75, 3.05) is 6.54 Å². The Labute approximate surface area is 165 Å². The van der Waals surface area contributed by atoms with Gasteiger partial charge in [0.15, 0.2) is 5.76 Å². The van der Waals surface area contributed by atoms with Crippen molar-refractivity contribution in [2.24, 2.45) is 0 Å². The molecule has 0 aliphatic rings. The molecule has 0 saturated carbocycles. The number of carbonyl (C=O) groups is 2. The summed E-state index contributed by atoms with van der Waals surface area (Å²) in [4.78, 5) is 33.6. The lowest BCUT2D eigenvalue weighted by Gasteiger charge is -2.08. The number of esters is 1. The fourth-order valence-corrected chi connectivity index (χ4v) is 2.29. The summed E-state index contributed by atoms with van der Waals surface area (Å²) in [6.07, 6.45) is 1.36. The van der Waals surface area contributed by atoms with E-state index in [9.17, 15) is 19.7 Å². The van der Waals surface area contributed by atoms with Crippen molar-refractivity contribution in [1.82, 2.24) is 5.32 Å². The SMILES string of the molecule is O=C(CNC(=O)c1ccco1)OCc1ccc(Oc2ccc([N+](=O)[O-])cc2)cc1. The van der Waals surface area contributed by atoms with Gasteiger partial charge in [-0.05, 0) is 42.0 Å². The first-order valence-corrected chi connectivity index (χ1v) is 8.50. The molecule has 3 aromatic rings. The number of benzene rings is 2. The molecule has 1 heterocycles. The zero-order valence-electron chi connectivity index (χ0n) is 15.1. The molecule has 9 nitrogen and oxygen atoms in total. The minimum absolute atomic E-state index is 0.0186. The van der Waals surface area contributed by atoms with Crippen LogP contribution in [0.3, 0.4) is 0 Å². The summed E-state index contributed by atoms with van der Waals surface area (Å²) in [6, 6.07) is 15.6. The molecule has 0 atom stereocenters. The summed E-state index contributed by atoms with van der Waals surface area (Å²) >= 11 is 0. The molecule has 3 rings (SSSR count). The van der Waals surface area contributed by atoms with E-state index in [1.807, 2.05) is 0 Å². The average Bonchev–Trinajstić information content (AvgIpc) is 3.27. The Hall–Kier alpha value is -4.14. The van der Waals surface area contributed by atoms with Gasteiger partial charge in [-0.25, -0.2) is 0 Å². The largest absolute Gasteiger partial charge is 0.460 e. The highest BCUT2D eigenvalue weighted by molar-refractivity contribution is 5.93. The molecular formula is C20H16N2O7. The molecule has 0 radical (unpaired) electrons. The maximum atomic E-state index is 11.7. The Morgan fingerprint density at radius 2 is 1.66 bits per heavy atom. The van der Waals surface area contributed by atoms with Crippen LogP contribution in [-0.2, 0) is 16.1 Å². The fraction of sp³-hybridized carbons (Fsp3) is 0.100. The predicted molar refractivity (Wildman–Crippen MR) is 100 cm³/mol. The van der Waals surface area contributed by atoms with Crippen LogP contribution in [0.25, 0.3) is 0 Å². The van der Waals surface area contributed by atoms with Crippen LogP contribution in [0.15, 0.2) is 71.3 Å². The number of nitrogens with zero attached hydrogens (tertiary/aromatic N) is 1. The zero-order valence-corrected chi connectivity index (χ0v) is 15.1. The lowest BCUT2D eigenvalue weighted by molar-refractivity contribution is -0.384. The van der Waals surface area contributed by atoms with Crippen molar-refractivity contribution in [2.45, 2.75) is 6.61 Å². The topological polar surface area (TPSA) is 121 Å². The van der Waals surface area contributed by atoms with Crippen molar-refractivity contribution in [1.29, 1.82) is 0 Å². The number of hydrogen-bond donors (Lipinski definition) is 1. The smallest absolute Gasteiger partial charge is 0.325 e. The van der Waals surface area contributed by atoms with E-state index in [0.29, 0.717) is 11.5 Å². The van der Waals surface area contributed by atoms with E-state index < -0.39 is 16.8 Å². The second kappa shape index (κ2) is 9.18. The summed E-state index contributed by atoms with van der Waals surface area (Å²) in [5.41, 5.74) is 0.710. The Bertz CT molecular complexity index is 981. The molecule has 0 spiro atoms. The van der Waals surface area contributed by atoms with Gasteiger partial charge in [0.05, 0.1) is 11.2 Å². The van der Waals surface area contributed by atoms with Crippen LogP contribution in [0.2, 0.25) is 0 Å². The van der Waals surface area contributed by atoms with Gasteiger partial charge < -0.3 is 19.2 Å². The van der Waals surface area contributed by atoms with Gasteiger partial charge in [-0.15, -0.1) is 0 Å². The van der Waals surface area contributed by atoms with E-state index in [0.717, 1.165) is 5.56 Å². The van der Waals surface area contributed by atoms with Gasteiger partial charge in [-0.2, -0.15) is 0 Å². The third-order valence-electron chi connectivity index (χ3n) is 3.74. The molecule has 29 heavy (non-hydrogen) atoms. The molecule has 9 heteroatoms. The molecular weight excluding hydrogens is 380 g/mol. The van der Waals surface area contributed by atoms with E-state index in [-0.39, 0.29) is 24.6 Å². The molecule has 1 N–H and O–H groups in total. The van der Waals surface area contributed by atoms with Gasteiger partial charge in [0.2, 0.25) is 0 Å². The highest BCUT2D eigenvalue weighted by Crippen LogP contribution is 2.24. The van der Waals surface area contributed by atoms with Crippen molar-refractivity contribution in [3.8, 4) is 11.5 Å². The molecule has 0 fully saturated rings. The lowest BCUT2D eigenvalue weighted by Crippen LogP contribution is -2.30. The molecule has 1 aromatic heterocycles. The van der Waals surface area contributed by atoms with Gasteiger partial charge in [-0.1, -0.05) is 12.1 Å².